The van der Waals surface area contributed by atoms with Crippen molar-refractivity contribution in [2.24, 2.45) is 0 Å². The largest absolute Gasteiger partial charge is 0.378 e. The van der Waals surface area contributed by atoms with Gasteiger partial charge in [0, 0.05) is 25.5 Å². The lowest BCUT2D eigenvalue weighted by Gasteiger charge is -2.14. The van der Waals surface area contributed by atoms with Gasteiger partial charge in [0.25, 0.3) is 0 Å². The molecule has 0 bridgehead atoms. The first-order valence-corrected chi connectivity index (χ1v) is 7.26. The molecule has 4 N–H and O–H groups in total. The number of rotatable bonds is 5. The van der Waals surface area contributed by atoms with Crippen LogP contribution in [0.15, 0.2) is 29.4 Å². The zero-order valence-electron chi connectivity index (χ0n) is 12.1. The third-order valence-corrected chi connectivity index (χ3v) is 3.75. The average molecular weight is 306 g/mol. The van der Waals surface area contributed by atoms with Crippen molar-refractivity contribution < 1.29 is 4.79 Å². The van der Waals surface area contributed by atoms with E-state index >= 15 is 0 Å². The fourth-order valence-corrected chi connectivity index (χ4v) is 2.34. The predicted molar refractivity (Wildman–Crippen MR) is 85.5 cm³/mol. The summed E-state index contributed by atoms with van der Waals surface area (Å²) in [6, 6.07) is 7.64. The van der Waals surface area contributed by atoms with Crippen LogP contribution in [0, 0.1) is 0 Å². The van der Waals surface area contributed by atoms with Crippen molar-refractivity contribution in [2.45, 2.75) is 17.3 Å². The van der Waals surface area contributed by atoms with Crippen molar-refractivity contribution in [2.75, 3.05) is 30.0 Å². The molecule has 0 spiro atoms. The molecular weight excluding hydrogens is 288 g/mol. The first-order chi connectivity index (χ1) is 9.95. The van der Waals surface area contributed by atoms with Crippen LogP contribution in [0.25, 0.3) is 0 Å². The van der Waals surface area contributed by atoms with Gasteiger partial charge in [-0.3, -0.25) is 4.79 Å². The fourth-order valence-electron chi connectivity index (χ4n) is 1.61. The second-order valence-electron chi connectivity index (χ2n) is 4.69. The van der Waals surface area contributed by atoms with E-state index in [4.69, 9.17) is 5.73 Å². The predicted octanol–water partition coefficient (Wildman–Crippen LogP) is 1.57. The number of nitrogen functional groups attached to an aromatic ring is 1. The van der Waals surface area contributed by atoms with E-state index in [-0.39, 0.29) is 17.1 Å². The third-order valence-electron chi connectivity index (χ3n) is 2.78. The number of carbonyl (C=O) groups is 1. The summed E-state index contributed by atoms with van der Waals surface area (Å²) < 4.78 is 0. The minimum Gasteiger partial charge on any atom is -0.378 e. The number of hydrogen-bond donors (Lipinski definition) is 3. The smallest absolute Gasteiger partial charge is 0.237 e. The number of thioether (sulfide) groups is 1. The molecule has 2 rings (SSSR count). The number of anilines is 3. The molecule has 0 saturated carbocycles. The Labute approximate surface area is 127 Å². The lowest BCUT2D eigenvalue weighted by atomic mass is 10.2. The van der Waals surface area contributed by atoms with Crippen LogP contribution in [0.1, 0.15) is 6.92 Å². The molecule has 0 aliphatic rings. The van der Waals surface area contributed by atoms with Crippen molar-refractivity contribution in [1.29, 1.82) is 0 Å². The average Bonchev–Trinajstić information content (AvgIpc) is 2.84. The number of nitrogens with two attached hydrogens (primary N) is 1. The van der Waals surface area contributed by atoms with Crippen LogP contribution in [-0.4, -0.2) is 40.4 Å². The van der Waals surface area contributed by atoms with Gasteiger partial charge in [-0.25, -0.2) is 5.10 Å². The summed E-state index contributed by atoms with van der Waals surface area (Å²) in [6.45, 7) is 1.79. The minimum absolute atomic E-state index is 0.110. The van der Waals surface area contributed by atoms with Crippen LogP contribution >= 0.6 is 11.8 Å². The molecule has 1 amide bonds. The zero-order chi connectivity index (χ0) is 15.4. The first kappa shape index (κ1) is 15.2. The molecule has 0 aliphatic carbocycles. The first-order valence-electron chi connectivity index (χ1n) is 6.38. The van der Waals surface area contributed by atoms with Crippen LogP contribution in [0.4, 0.5) is 17.3 Å². The Morgan fingerprint density at radius 2 is 2.05 bits per heavy atom. The Hall–Kier alpha value is -2.22. The van der Waals surface area contributed by atoms with Gasteiger partial charge in [0.1, 0.15) is 0 Å². The number of aromatic nitrogens is 3. The Morgan fingerprint density at radius 1 is 1.38 bits per heavy atom. The van der Waals surface area contributed by atoms with Gasteiger partial charge >= 0.3 is 0 Å². The maximum absolute atomic E-state index is 12.1. The highest BCUT2D eigenvalue weighted by Gasteiger charge is 2.17. The van der Waals surface area contributed by atoms with Gasteiger partial charge in [-0.2, -0.15) is 4.98 Å². The van der Waals surface area contributed by atoms with Crippen molar-refractivity contribution >= 4 is 35.0 Å². The molecule has 2 aromatic rings. The van der Waals surface area contributed by atoms with Crippen LogP contribution in [-0.2, 0) is 4.79 Å². The SMILES string of the molecule is C[C@@H](Sc1n[nH]c(N)n1)C(=O)Nc1ccc(N(C)C)cc1. The second kappa shape index (κ2) is 6.49. The van der Waals surface area contributed by atoms with E-state index in [0.717, 1.165) is 11.4 Å². The van der Waals surface area contributed by atoms with E-state index < -0.39 is 0 Å². The summed E-state index contributed by atoms with van der Waals surface area (Å²) >= 11 is 1.25. The summed E-state index contributed by atoms with van der Waals surface area (Å²) in [5.74, 6) is 0.130. The van der Waals surface area contributed by atoms with Crippen molar-refractivity contribution in [1.82, 2.24) is 15.2 Å². The Bertz CT molecular complexity index is 609. The zero-order valence-corrected chi connectivity index (χ0v) is 12.9. The van der Waals surface area contributed by atoms with Gasteiger partial charge in [-0.05, 0) is 31.2 Å². The van der Waals surface area contributed by atoms with Crippen LogP contribution in [0.2, 0.25) is 0 Å². The third kappa shape index (κ3) is 4.12. The minimum atomic E-state index is -0.325. The molecule has 8 heteroatoms. The number of hydrogen-bond acceptors (Lipinski definition) is 6. The Morgan fingerprint density at radius 3 is 2.57 bits per heavy atom. The molecule has 0 fully saturated rings. The summed E-state index contributed by atoms with van der Waals surface area (Å²) in [5, 5.41) is 9.42. The van der Waals surface area contributed by atoms with E-state index in [2.05, 4.69) is 20.5 Å². The van der Waals surface area contributed by atoms with Gasteiger partial charge in [0.2, 0.25) is 17.0 Å². The monoisotopic (exact) mass is 306 g/mol. The number of nitrogens with one attached hydrogen (secondary N) is 2. The van der Waals surface area contributed by atoms with Crippen molar-refractivity contribution in [3.05, 3.63) is 24.3 Å². The van der Waals surface area contributed by atoms with Crippen LogP contribution < -0.4 is 16.0 Å². The fraction of sp³-hybridized carbons (Fsp3) is 0.308. The molecule has 0 aliphatic heterocycles. The molecule has 1 aromatic carbocycles. The number of amides is 1. The standard InChI is InChI=1S/C13H18N6OS/c1-8(21-13-16-12(14)17-18-13)11(20)15-9-4-6-10(7-5-9)19(2)3/h4-8H,1-3H3,(H,15,20)(H3,14,16,17,18)/t8-/m1/s1. The van der Waals surface area contributed by atoms with E-state index in [1.54, 1.807) is 6.92 Å². The van der Waals surface area contributed by atoms with Gasteiger partial charge in [0.15, 0.2) is 0 Å². The molecule has 7 nitrogen and oxygen atoms in total. The number of aromatic amines is 1. The second-order valence-corrected chi connectivity index (χ2v) is 6.00. The molecule has 1 atom stereocenters. The van der Waals surface area contributed by atoms with Gasteiger partial charge in [-0.1, -0.05) is 11.8 Å². The van der Waals surface area contributed by atoms with Gasteiger partial charge in [-0.15, -0.1) is 5.10 Å². The van der Waals surface area contributed by atoms with Gasteiger partial charge < -0.3 is 16.0 Å². The van der Waals surface area contributed by atoms with Crippen molar-refractivity contribution in [3.63, 3.8) is 0 Å². The lowest BCUT2D eigenvalue weighted by Crippen LogP contribution is -2.22. The summed E-state index contributed by atoms with van der Waals surface area (Å²) in [5.41, 5.74) is 7.28. The Kier molecular flexibility index (Phi) is 4.69. The topological polar surface area (TPSA) is 99.9 Å². The summed E-state index contributed by atoms with van der Waals surface area (Å²) in [6.07, 6.45) is 0. The van der Waals surface area contributed by atoms with Crippen molar-refractivity contribution in [3.8, 4) is 0 Å². The maximum Gasteiger partial charge on any atom is 0.237 e. The molecule has 0 radical (unpaired) electrons. The quantitative estimate of drug-likeness (QED) is 0.725. The number of benzene rings is 1. The summed E-state index contributed by atoms with van der Waals surface area (Å²) in [4.78, 5) is 18.1. The van der Waals surface area contributed by atoms with E-state index in [0.29, 0.717) is 5.16 Å². The van der Waals surface area contributed by atoms with Gasteiger partial charge in [0.05, 0.1) is 5.25 Å². The normalized spacial score (nSPS) is 12.0. The van der Waals surface area contributed by atoms with Crippen LogP contribution in [0.5, 0.6) is 0 Å². The van der Waals surface area contributed by atoms with E-state index in [1.807, 2.05) is 43.3 Å². The number of H-pyrrole nitrogens is 1. The van der Waals surface area contributed by atoms with E-state index in [1.165, 1.54) is 11.8 Å². The van der Waals surface area contributed by atoms with E-state index in [9.17, 15) is 4.79 Å². The molecule has 112 valence electrons. The highest BCUT2D eigenvalue weighted by molar-refractivity contribution is 8.00. The molecule has 1 aromatic heterocycles. The maximum atomic E-state index is 12.1. The molecule has 0 unspecified atom stereocenters. The molecule has 21 heavy (non-hydrogen) atoms. The van der Waals surface area contributed by atoms with Crippen LogP contribution in [0.3, 0.4) is 0 Å². The molecule has 1 heterocycles. The molecule has 0 saturated heterocycles. The Balaban J connectivity index is 1.93. The number of nitrogens with zero attached hydrogens (tertiary/aromatic N) is 3. The highest BCUT2D eigenvalue weighted by Crippen LogP contribution is 2.21. The highest BCUT2D eigenvalue weighted by atomic mass is 32.2. The molecular formula is C13H18N6OS. The summed E-state index contributed by atoms with van der Waals surface area (Å²) in [7, 11) is 3.93. The number of carbonyl (C=O) groups excluding carboxylic acids is 1. The lowest BCUT2D eigenvalue weighted by molar-refractivity contribution is -0.115.